The number of nitrogens with zero attached hydrogens (tertiary/aromatic N) is 3. The van der Waals surface area contributed by atoms with Crippen molar-refractivity contribution in [3.8, 4) is 0 Å². The van der Waals surface area contributed by atoms with Crippen molar-refractivity contribution in [3.63, 3.8) is 0 Å². The Morgan fingerprint density at radius 1 is 1.07 bits per heavy atom. The molecule has 0 bridgehead atoms. The molecule has 138 valence electrons. The number of hydrogen-bond acceptors (Lipinski definition) is 7. The highest BCUT2D eigenvalue weighted by Crippen LogP contribution is 2.16. The predicted octanol–water partition coefficient (Wildman–Crippen LogP) is 3.71. The Kier molecular flexibility index (Phi) is 5.94. The molecule has 0 aliphatic rings. The van der Waals surface area contributed by atoms with Crippen molar-refractivity contribution in [3.05, 3.63) is 71.4 Å². The minimum atomic E-state index is -0.338. The normalized spacial score (nSPS) is 10.3. The monoisotopic (exact) mass is 363 g/mol. The molecule has 0 radical (unpaired) electrons. The highest BCUT2D eigenvalue weighted by Gasteiger charge is 2.06. The molecule has 0 amide bonds. The van der Waals surface area contributed by atoms with Gasteiger partial charge in [-0.2, -0.15) is 10.1 Å². The molecule has 1 heterocycles. The van der Waals surface area contributed by atoms with E-state index in [-0.39, 0.29) is 5.97 Å². The third-order valence-electron chi connectivity index (χ3n) is 3.80. The Morgan fingerprint density at radius 2 is 1.81 bits per heavy atom. The van der Waals surface area contributed by atoms with Gasteiger partial charge in [0.15, 0.2) is 5.82 Å². The first-order valence-corrected chi connectivity index (χ1v) is 8.67. The lowest BCUT2D eigenvalue weighted by Gasteiger charge is -2.08. The number of carbonyl (C=O) groups excluding carboxylic acids is 1. The Bertz CT molecular complexity index is 895. The number of nitrogens with one attached hydrogen (secondary N) is 2. The van der Waals surface area contributed by atoms with Crippen LogP contribution in [0.5, 0.6) is 0 Å². The predicted molar refractivity (Wildman–Crippen MR) is 104 cm³/mol. The van der Waals surface area contributed by atoms with Gasteiger partial charge in [-0.25, -0.2) is 4.79 Å². The van der Waals surface area contributed by atoms with Gasteiger partial charge < -0.3 is 15.4 Å². The van der Waals surface area contributed by atoms with Crippen molar-refractivity contribution in [2.45, 2.75) is 20.4 Å². The molecule has 7 heteroatoms. The van der Waals surface area contributed by atoms with Crippen LogP contribution in [0.25, 0.3) is 0 Å². The van der Waals surface area contributed by atoms with Gasteiger partial charge in [-0.15, -0.1) is 5.10 Å². The van der Waals surface area contributed by atoms with Gasteiger partial charge in [-0.1, -0.05) is 29.8 Å². The third kappa shape index (κ3) is 5.24. The van der Waals surface area contributed by atoms with Gasteiger partial charge in [0.25, 0.3) is 0 Å². The number of esters is 1. The molecule has 0 spiro atoms. The van der Waals surface area contributed by atoms with Crippen LogP contribution in [-0.2, 0) is 11.3 Å². The van der Waals surface area contributed by atoms with E-state index in [0.717, 1.165) is 11.3 Å². The number of carbonyl (C=O) groups is 1. The Morgan fingerprint density at radius 3 is 2.52 bits per heavy atom. The summed E-state index contributed by atoms with van der Waals surface area (Å²) < 4.78 is 4.97. The van der Waals surface area contributed by atoms with E-state index in [1.54, 1.807) is 31.2 Å². The maximum Gasteiger partial charge on any atom is 0.338 e. The first-order chi connectivity index (χ1) is 13.1. The lowest BCUT2D eigenvalue weighted by atomic mass is 10.1. The summed E-state index contributed by atoms with van der Waals surface area (Å²) in [6.45, 7) is 4.79. The summed E-state index contributed by atoms with van der Waals surface area (Å²) in [5.41, 5.74) is 3.64. The van der Waals surface area contributed by atoms with Gasteiger partial charge in [0.2, 0.25) is 5.95 Å². The minimum Gasteiger partial charge on any atom is -0.462 e. The first-order valence-electron chi connectivity index (χ1n) is 8.67. The molecule has 27 heavy (non-hydrogen) atoms. The fourth-order valence-corrected chi connectivity index (χ4v) is 2.38. The van der Waals surface area contributed by atoms with Gasteiger partial charge in [0, 0.05) is 12.2 Å². The number of benzene rings is 2. The average Bonchev–Trinajstić information content (AvgIpc) is 2.69. The minimum absolute atomic E-state index is 0.338. The largest absolute Gasteiger partial charge is 0.462 e. The van der Waals surface area contributed by atoms with Crippen LogP contribution in [0.3, 0.4) is 0 Å². The number of hydrogen-bond donors (Lipinski definition) is 2. The van der Waals surface area contributed by atoms with Gasteiger partial charge in [0.1, 0.15) is 0 Å². The van der Waals surface area contributed by atoms with Gasteiger partial charge in [-0.05, 0) is 43.7 Å². The van der Waals surface area contributed by atoms with E-state index in [1.807, 2.05) is 0 Å². The summed E-state index contributed by atoms with van der Waals surface area (Å²) in [4.78, 5) is 16.1. The maximum atomic E-state index is 11.7. The van der Waals surface area contributed by atoms with Crippen molar-refractivity contribution >= 4 is 23.4 Å². The molecule has 0 saturated carbocycles. The molecule has 2 aromatic carbocycles. The second-order valence-corrected chi connectivity index (χ2v) is 5.93. The fraction of sp³-hybridized carbons (Fsp3) is 0.200. The van der Waals surface area contributed by atoms with Crippen molar-refractivity contribution in [1.29, 1.82) is 0 Å². The lowest BCUT2D eigenvalue weighted by molar-refractivity contribution is 0.0526. The van der Waals surface area contributed by atoms with Crippen molar-refractivity contribution in [2.24, 2.45) is 0 Å². The van der Waals surface area contributed by atoms with Crippen LogP contribution in [0.1, 0.15) is 28.4 Å². The van der Waals surface area contributed by atoms with E-state index in [2.05, 4.69) is 57.0 Å². The molecule has 0 atom stereocenters. The zero-order valence-corrected chi connectivity index (χ0v) is 15.3. The lowest BCUT2D eigenvalue weighted by Crippen LogP contribution is -2.07. The van der Waals surface area contributed by atoms with Crippen molar-refractivity contribution in [1.82, 2.24) is 15.2 Å². The molecule has 0 aliphatic carbocycles. The van der Waals surface area contributed by atoms with Crippen LogP contribution >= 0.6 is 0 Å². The molecule has 3 aromatic rings. The zero-order valence-electron chi connectivity index (χ0n) is 15.3. The van der Waals surface area contributed by atoms with Crippen LogP contribution < -0.4 is 10.6 Å². The van der Waals surface area contributed by atoms with Crippen LogP contribution in [0.15, 0.2) is 54.7 Å². The maximum absolute atomic E-state index is 11.7. The summed E-state index contributed by atoms with van der Waals surface area (Å²) >= 11 is 0. The fourth-order valence-electron chi connectivity index (χ4n) is 2.38. The van der Waals surface area contributed by atoms with Crippen molar-refractivity contribution in [2.75, 3.05) is 17.2 Å². The Hall–Kier alpha value is -3.48. The molecule has 1 aromatic heterocycles. The second-order valence-electron chi connectivity index (χ2n) is 5.93. The molecule has 0 aliphatic heterocycles. The molecule has 3 rings (SSSR count). The average molecular weight is 363 g/mol. The number of anilines is 3. The molecular weight excluding hydrogens is 342 g/mol. The molecule has 0 fully saturated rings. The molecule has 0 saturated heterocycles. The number of aromatic nitrogens is 3. The van der Waals surface area contributed by atoms with Gasteiger partial charge in [-0.3, -0.25) is 0 Å². The first kappa shape index (κ1) is 18.3. The molecule has 7 nitrogen and oxygen atoms in total. The summed E-state index contributed by atoms with van der Waals surface area (Å²) in [7, 11) is 0. The summed E-state index contributed by atoms with van der Waals surface area (Å²) in [6, 6.07) is 15.2. The number of rotatable bonds is 7. The van der Waals surface area contributed by atoms with E-state index in [1.165, 1.54) is 11.8 Å². The van der Waals surface area contributed by atoms with E-state index in [0.29, 0.717) is 30.5 Å². The standard InChI is InChI=1S/C20H21N5O2/c1-3-27-19(26)16-8-10-17(11-9-16)23-18-13-22-25-20(24-18)21-12-15-6-4-14(2)5-7-15/h4-11,13H,3,12H2,1-2H3,(H2,21,23,24,25). The third-order valence-corrected chi connectivity index (χ3v) is 3.80. The number of ether oxygens (including phenoxy) is 1. The van der Waals surface area contributed by atoms with Crippen molar-refractivity contribution < 1.29 is 9.53 Å². The number of aryl methyl sites for hydroxylation is 1. The van der Waals surface area contributed by atoms with Gasteiger partial charge in [0.05, 0.1) is 18.4 Å². The quantitative estimate of drug-likeness (QED) is 0.619. The Balaban J connectivity index is 1.61. The van der Waals surface area contributed by atoms with Crippen LogP contribution in [0.4, 0.5) is 17.5 Å². The highest BCUT2D eigenvalue weighted by atomic mass is 16.5. The molecular formula is C20H21N5O2. The summed E-state index contributed by atoms with van der Waals surface area (Å²) in [5.74, 6) is 0.652. The molecule has 2 N–H and O–H groups in total. The topological polar surface area (TPSA) is 89.0 Å². The van der Waals surface area contributed by atoms with E-state index in [4.69, 9.17) is 4.74 Å². The van der Waals surface area contributed by atoms with E-state index < -0.39 is 0 Å². The summed E-state index contributed by atoms with van der Waals surface area (Å²) in [5, 5.41) is 14.3. The van der Waals surface area contributed by atoms with Gasteiger partial charge >= 0.3 is 5.97 Å². The smallest absolute Gasteiger partial charge is 0.338 e. The second kappa shape index (κ2) is 8.75. The Labute approximate surface area is 157 Å². The van der Waals surface area contributed by atoms with E-state index >= 15 is 0 Å². The van der Waals surface area contributed by atoms with Crippen LogP contribution in [0, 0.1) is 6.92 Å². The van der Waals surface area contributed by atoms with Crippen LogP contribution in [0.2, 0.25) is 0 Å². The summed E-state index contributed by atoms with van der Waals surface area (Å²) in [6.07, 6.45) is 1.54. The van der Waals surface area contributed by atoms with E-state index in [9.17, 15) is 4.79 Å². The zero-order chi connectivity index (χ0) is 19.1. The SMILES string of the molecule is CCOC(=O)c1ccc(Nc2cnnc(NCc3ccc(C)cc3)n2)cc1. The highest BCUT2D eigenvalue weighted by molar-refractivity contribution is 5.89. The molecule has 0 unspecified atom stereocenters. The van der Waals surface area contributed by atoms with Crippen LogP contribution in [-0.4, -0.2) is 27.8 Å².